The van der Waals surface area contributed by atoms with E-state index in [9.17, 15) is 4.79 Å². The summed E-state index contributed by atoms with van der Waals surface area (Å²) in [6, 6.07) is 7.37. The van der Waals surface area contributed by atoms with Crippen LogP contribution in [0.3, 0.4) is 0 Å². The number of thiophene rings is 1. The second kappa shape index (κ2) is 5.93. The van der Waals surface area contributed by atoms with Crippen molar-refractivity contribution in [2.24, 2.45) is 12.8 Å². The van der Waals surface area contributed by atoms with Crippen LogP contribution in [0.25, 0.3) is 11.3 Å². The van der Waals surface area contributed by atoms with Gasteiger partial charge in [-0.1, -0.05) is 17.4 Å². The van der Waals surface area contributed by atoms with Gasteiger partial charge in [-0.15, -0.1) is 0 Å². The largest absolute Gasteiger partial charge is 0.497 e. The highest BCUT2D eigenvalue weighted by atomic mass is 32.1. The van der Waals surface area contributed by atoms with E-state index in [4.69, 9.17) is 15.2 Å². The summed E-state index contributed by atoms with van der Waals surface area (Å²) < 4.78 is 13.2. The Morgan fingerprint density at radius 3 is 2.88 bits per heavy atom. The van der Waals surface area contributed by atoms with Crippen molar-refractivity contribution in [3.8, 4) is 27.8 Å². The van der Waals surface area contributed by atoms with Gasteiger partial charge in [-0.3, -0.25) is 9.48 Å². The number of nitrogens with two attached hydrogens (primary N) is 1. The lowest BCUT2D eigenvalue weighted by Gasteiger charge is -2.16. The number of fused-ring (bicyclic) bond motifs is 3. The predicted molar refractivity (Wildman–Crippen MR) is 95.5 cm³/mol. The molecule has 7 heteroatoms. The van der Waals surface area contributed by atoms with Gasteiger partial charge in [-0.05, 0) is 36.1 Å². The lowest BCUT2D eigenvalue weighted by atomic mass is 9.91. The standard InChI is InChI=1S/C18H17N3O3S/c1-21-15-10(9-20-21)6-7-13-14(15)18(25-16(13)17(19)22)24-12-5-3-4-11(8-12)23-2/h3-5,8-9H,6-7H2,1-2H3,(H2,19,22). The van der Waals surface area contributed by atoms with Crippen molar-refractivity contribution in [1.82, 2.24) is 9.78 Å². The molecule has 1 aromatic carbocycles. The number of nitrogens with zero attached hydrogens (tertiary/aromatic N) is 2. The van der Waals surface area contributed by atoms with Crippen molar-refractivity contribution < 1.29 is 14.3 Å². The second-order valence-electron chi connectivity index (χ2n) is 5.86. The Hall–Kier alpha value is -2.80. The third kappa shape index (κ3) is 2.56. The maximum atomic E-state index is 11.9. The zero-order valence-corrected chi connectivity index (χ0v) is 14.7. The molecule has 0 spiro atoms. The van der Waals surface area contributed by atoms with Gasteiger partial charge < -0.3 is 15.2 Å². The molecule has 1 aliphatic rings. The van der Waals surface area contributed by atoms with Crippen LogP contribution in [0.2, 0.25) is 0 Å². The third-order valence-corrected chi connectivity index (χ3v) is 5.47. The predicted octanol–water partition coefficient (Wildman–Crippen LogP) is 3.15. The van der Waals surface area contributed by atoms with Crippen LogP contribution >= 0.6 is 11.3 Å². The Labute approximate surface area is 148 Å². The molecule has 1 aliphatic carbocycles. The van der Waals surface area contributed by atoms with Gasteiger partial charge in [-0.25, -0.2) is 0 Å². The molecule has 0 saturated heterocycles. The maximum Gasteiger partial charge on any atom is 0.259 e. The van der Waals surface area contributed by atoms with Gasteiger partial charge in [0.15, 0.2) is 5.06 Å². The SMILES string of the molecule is COc1cccc(Oc2sc(C(N)=O)c3c2-c2c(cnn2C)CC3)c1. The molecular weight excluding hydrogens is 338 g/mol. The number of aryl methyl sites for hydroxylation is 2. The molecule has 2 heterocycles. The summed E-state index contributed by atoms with van der Waals surface area (Å²) in [4.78, 5) is 12.5. The molecule has 2 aromatic heterocycles. The Bertz CT molecular complexity index is 974. The Balaban J connectivity index is 1.86. The van der Waals surface area contributed by atoms with Crippen LogP contribution in [0.15, 0.2) is 30.5 Å². The summed E-state index contributed by atoms with van der Waals surface area (Å²) >= 11 is 1.29. The molecule has 6 nitrogen and oxygen atoms in total. The van der Waals surface area contributed by atoms with E-state index in [1.54, 1.807) is 7.11 Å². The van der Waals surface area contributed by atoms with Crippen molar-refractivity contribution in [2.45, 2.75) is 12.8 Å². The summed E-state index contributed by atoms with van der Waals surface area (Å²) in [7, 11) is 3.50. The molecule has 3 aromatic rings. The van der Waals surface area contributed by atoms with Crippen LogP contribution in [-0.4, -0.2) is 22.8 Å². The first-order chi connectivity index (χ1) is 12.1. The van der Waals surface area contributed by atoms with E-state index >= 15 is 0 Å². The number of carbonyl (C=O) groups excluding carboxylic acids is 1. The number of methoxy groups -OCH3 is 1. The number of primary amides is 1. The smallest absolute Gasteiger partial charge is 0.259 e. The quantitative estimate of drug-likeness (QED) is 0.780. The van der Waals surface area contributed by atoms with Crippen molar-refractivity contribution in [2.75, 3.05) is 7.11 Å². The number of amides is 1. The Morgan fingerprint density at radius 2 is 2.12 bits per heavy atom. The molecule has 1 amide bonds. The minimum Gasteiger partial charge on any atom is -0.497 e. The zero-order valence-electron chi connectivity index (χ0n) is 13.9. The summed E-state index contributed by atoms with van der Waals surface area (Å²) in [5.41, 5.74) is 9.61. The van der Waals surface area contributed by atoms with Crippen molar-refractivity contribution in [3.63, 3.8) is 0 Å². The molecule has 0 saturated carbocycles. The molecule has 25 heavy (non-hydrogen) atoms. The molecule has 0 aliphatic heterocycles. The highest BCUT2D eigenvalue weighted by molar-refractivity contribution is 7.16. The summed E-state index contributed by atoms with van der Waals surface area (Å²) in [6.45, 7) is 0. The van der Waals surface area contributed by atoms with Gasteiger partial charge in [0.05, 0.1) is 29.4 Å². The molecule has 0 atom stereocenters. The second-order valence-corrected chi connectivity index (χ2v) is 6.84. The molecule has 4 rings (SSSR count). The first-order valence-corrected chi connectivity index (χ1v) is 8.68. The van der Waals surface area contributed by atoms with Gasteiger partial charge >= 0.3 is 0 Å². The van der Waals surface area contributed by atoms with Crippen LogP contribution in [0.5, 0.6) is 16.6 Å². The van der Waals surface area contributed by atoms with E-state index in [2.05, 4.69) is 5.10 Å². The molecule has 128 valence electrons. The molecular formula is C18H17N3O3S. The normalized spacial score (nSPS) is 12.4. The Kier molecular flexibility index (Phi) is 3.73. The number of hydrogen-bond acceptors (Lipinski definition) is 5. The van der Waals surface area contributed by atoms with E-state index in [1.165, 1.54) is 11.3 Å². The lowest BCUT2D eigenvalue weighted by Crippen LogP contribution is -2.13. The summed E-state index contributed by atoms with van der Waals surface area (Å²) in [5.74, 6) is 0.931. The molecule has 0 fully saturated rings. The fourth-order valence-corrected chi connectivity index (χ4v) is 4.28. The van der Waals surface area contributed by atoms with Crippen molar-refractivity contribution in [3.05, 3.63) is 46.5 Å². The van der Waals surface area contributed by atoms with Crippen LogP contribution in [-0.2, 0) is 19.9 Å². The fraction of sp³-hybridized carbons (Fsp3) is 0.222. The topological polar surface area (TPSA) is 79.4 Å². The van der Waals surface area contributed by atoms with Gasteiger partial charge in [0.25, 0.3) is 5.91 Å². The average Bonchev–Trinajstić information content (AvgIpc) is 3.16. The van der Waals surface area contributed by atoms with Crippen LogP contribution < -0.4 is 15.2 Å². The van der Waals surface area contributed by atoms with E-state index in [-0.39, 0.29) is 0 Å². The molecule has 0 radical (unpaired) electrons. The average molecular weight is 355 g/mol. The van der Waals surface area contributed by atoms with Gasteiger partial charge in [0.1, 0.15) is 11.5 Å². The molecule has 0 unspecified atom stereocenters. The minimum atomic E-state index is -0.424. The zero-order chi connectivity index (χ0) is 17.6. The summed E-state index contributed by atoms with van der Waals surface area (Å²) in [6.07, 6.45) is 3.46. The number of carbonyl (C=O) groups is 1. The fourth-order valence-electron chi connectivity index (χ4n) is 3.21. The highest BCUT2D eigenvalue weighted by Gasteiger charge is 2.30. The number of hydrogen-bond donors (Lipinski definition) is 1. The first kappa shape index (κ1) is 15.7. The maximum absolute atomic E-state index is 11.9. The Morgan fingerprint density at radius 1 is 1.32 bits per heavy atom. The lowest BCUT2D eigenvalue weighted by molar-refractivity contribution is 0.100. The third-order valence-electron chi connectivity index (χ3n) is 4.35. The number of aromatic nitrogens is 2. The van der Waals surface area contributed by atoms with Crippen LogP contribution in [0.4, 0.5) is 0 Å². The highest BCUT2D eigenvalue weighted by Crippen LogP contribution is 2.48. The van der Waals surface area contributed by atoms with E-state index in [0.717, 1.165) is 35.2 Å². The van der Waals surface area contributed by atoms with Crippen LogP contribution in [0, 0.1) is 0 Å². The number of rotatable bonds is 4. The number of benzene rings is 1. The van der Waals surface area contributed by atoms with Gasteiger partial charge in [0.2, 0.25) is 0 Å². The molecule has 2 N–H and O–H groups in total. The van der Waals surface area contributed by atoms with E-state index in [1.807, 2.05) is 42.2 Å². The van der Waals surface area contributed by atoms with Gasteiger partial charge in [-0.2, -0.15) is 5.10 Å². The van der Waals surface area contributed by atoms with Crippen molar-refractivity contribution >= 4 is 17.2 Å². The molecule has 0 bridgehead atoms. The first-order valence-electron chi connectivity index (χ1n) is 7.87. The van der Waals surface area contributed by atoms with Crippen LogP contribution in [0.1, 0.15) is 20.8 Å². The van der Waals surface area contributed by atoms with E-state index < -0.39 is 5.91 Å². The van der Waals surface area contributed by atoms with Gasteiger partial charge in [0, 0.05) is 13.1 Å². The number of ether oxygens (including phenoxy) is 2. The van der Waals surface area contributed by atoms with Crippen molar-refractivity contribution in [1.29, 1.82) is 0 Å². The summed E-state index contributed by atoms with van der Waals surface area (Å²) in [5, 5.41) is 5.01. The monoisotopic (exact) mass is 355 g/mol. The minimum absolute atomic E-state index is 0.424. The van der Waals surface area contributed by atoms with E-state index in [0.29, 0.717) is 21.4 Å².